The third-order valence-corrected chi connectivity index (χ3v) is 6.22. The lowest BCUT2D eigenvalue weighted by Crippen LogP contribution is -2.49. The van der Waals surface area contributed by atoms with Crippen LogP contribution in [-0.4, -0.2) is 76.8 Å². The summed E-state index contributed by atoms with van der Waals surface area (Å²) in [6.45, 7) is 13.3. The summed E-state index contributed by atoms with van der Waals surface area (Å²) in [6.07, 6.45) is 3.85. The largest absolute Gasteiger partial charge is 0.354 e. The molecule has 0 spiro atoms. The maximum absolute atomic E-state index is 4.65. The molecule has 0 aromatic carbocycles. The standard InChI is InChI=1S/C20H28N6S/c1-3-23(4-2)8-9-24-10-12-25(13-11-24)19-5-7-21-20-18(15-22-26(19)20)17-6-14-27-16-17/h5-7,14-16H,3-4,8-13H2,1-2H3. The molecule has 0 unspecified atom stereocenters. The molecule has 0 radical (unpaired) electrons. The van der Waals surface area contributed by atoms with Crippen LogP contribution in [0.5, 0.6) is 0 Å². The van der Waals surface area contributed by atoms with Gasteiger partial charge in [-0.15, -0.1) is 0 Å². The summed E-state index contributed by atoms with van der Waals surface area (Å²) in [6, 6.07) is 4.22. The predicted molar refractivity (Wildman–Crippen MR) is 113 cm³/mol. The third kappa shape index (κ3) is 3.85. The van der Waals surface area contributed by atoms with E-state index in [-0.39, 0.29) is 0 Å². The second kappa shape index (κ2) is 8.37. The Morgan fingerprint density at radius 3 is 2.63 bits per heavy atom. The van der Waals surface area contributed by atoms with Gasteiger partial charge in [0.05, 0.1) is 6.20 Å². The van der Waals surface area contributed by atoms with E-state index >= 15 is 0 Å². The van der Waals surface area contributed by atoms with Crippen LogP contribution in [0, 0.1) is 0 Å². The van der Waals surface area contributed by atoms with E-state index in [0.717, 1.165) is 69.4 Å². The molecule has 3 aromatic heterocycles. The molecule has 0 atom stereocenters. The van der Waals surface area contributed by atoms with Crippen molar-refractivity contribution in [1.82, 2.24) is 24.4 Å². The van der Waals surface area contributed by atoms with E-state index < -0.39 is 0 Å². The Bertz CT molecular complexity index is 847. The van der Waals surface area contributed by atoms with E-state index in [1.165, 1.54) is 5.56 Å². The minimum absolute atomic E-state index is 0.940. The first-order valence-electron chi connectivity index (χ1n) is 9.85. The molecule has 0 bridgehead atoms. The SMILES string of the molecule is CCN(CC)CCN1CCN(c2ccnc3c(-c4ccsc4)cnn23)CC1. The molecule has 1 aliphatic heterocycles. The Hall–Kier alpha value is -1.96. The van der Waals surface area contributed by atoms with E-state index in [2.05, 4.69) is 61.5 Å². The number of thiophene rings is 1. The van der Waals surface area contributed by atoms with Crippen molar-refractivity contribution in [2.45, 2.75) is 13.8 Å². The van der Waals surface area contributed by atoms with Gasteiger partial charge >= 0.3 is 0 Å². The Morgan fingerprint density at radius 1 is 1.11 bits per heavy atom. The molecule has 1 fully saturated rings. The molecule has 144 valence electrons. The monoisotopic (exact) mass is 384 g/mol. The molecule has 27 heavy (non-hydrogen) atoms. The van der Waals surface area contributed by atoms with Crippen LogP contribution in [0.25, 0.3) is 16.8 Å². The molecule has 3 aromatic rings. The second-order valence-electron chi connectivity index (χ2n) is 6.96. The normalized spacial score (nSPS) is 15.9. The van der Waals surface area contributed by atoms with Crippen LogP contribution in [0.4, 0.5) is 5.82 Å². The number of anilines is 1. The summed E-state index contributed by atoms with van der Waals surface area (Å²) in [7, 11) is 0. The lowest BCUT2D eigenvalue weighted by atomic mass is 10.2. The fourth-order valence-corrected chi connectivity index (χ4v) is 4.42. The zero-order chi connectivity index (χ0) is 18.6. The molecule has 1 aliphatic rings. The van der Waals surface area contributed by atoms with Crippen LogP contribution in [0.15, 0.2) is 35.3 Å². The maximum atomic E-state index is 4.65. The Morgan fingerprint density at radius 2 is 1.93 bits per heavy atom. The summed E-state index contributed by atoms with van der Waals surface area (Å²) in [4.78, 5) is 12.1. The molecule has 4 heterocycles. The van der Waals surface area contributed by atoms with Crippen LogP contribution in [0.2, 0.25) is 0 Å². The van der Waals surface area contributed by atoms with Crippen molar-refractivity contribution < 1.29 is 0 Å². The van der Waals surface area contributed by atoms with Gasteiger partial charge in [-0.25, -0.2) is 4.98 Å². The Kier molecular flexibility index (Phi) is 5.71. The smallest absolute Gasteiger partial charge is 0.165 e. The summed E-state index contributed by atoms with van der Waals surface area (Å²) in [5.74, 6) is 1.14. The van der Waals surface area contributed by atoms with Crippen LogP contribution in [-0.2, 0) is 0 Å². The first-order chi connectivity index (χ1) is 13.3. The molecular formula is C20H28N6S. The Labute approximate surface area is 165 Å². The summed E-state index contributed by atoms with van der Waals surface area (Å²) >= 11 is 1.70. The average Bonchev–Trinajstić information content (AvgIpc) is 3.38. The minimum atomic E-state index is 0.940. The number of hydrogen-bond acceptors (Lipinski definition) is 6. The van der Waals surface area contributed by atoms with Crippen LogP contribution in [0.3, 0.4) is 0 Å². The van der Waals surface area contributed by atoms with E-state index in [0.29, 0.717) is 0 Å². The number of nitrogens with zero attached hydrogens (tertiary/aromatic N) is 6. The summed E-state index contributed by atoms with van der Waals surface area (Å²) in [5, 5.41) is 8.90. The van der Waals surface area contributed by atoms with Gasteiger partial charge in [0.1, 0.15) is 5.82 Å². The summed E-state index contributed by atoms with van der Waals surface area (Å²) < 4.78 is 2.00. The maximum Gasteiger partial charge on any atom is 0.165 e. The zero-order valence-electron chi connectivity index (χ0n) is 16.2. The number of aromatic nitrogens is 3. The van der Waals surface area contributed by atoms with Crippen molar-refractivity contribution in [3.05, 3.63) is 35.3 Å². The van der Waals surface area contributed by atoms with Gasteiger partial charge in [0.15, 0.2) is 5.65 Å². The molecular weight excluding hydrogens is 356 g/mol. The van der Waals surface area contributed by atoms with E-state index in [9.17, 15) is 0 Å². The van der Waals surface area contributed by atoms with Gasteiger partial charge in [-0.2, -0.15) is 21.0 Å². The van der Waals surface area contributed by atoms with Gasteiger partial charge in [-0.05, 0) is 41.5 Å². The van der Waals surface area contributed by atoms with E-state index in [1.54, 1.807) is 11.3 Å². The van der Waals surface area contributed by atoms with Crippen molar-refractivity contribution in [3.63, 3.8) is 0 Å². The highest BCUT2D eigenvalue weighted by atomic mass is 32.1. The molecule has 0 N–H and O–H groups in total. The molecule has 4 rings (SSSR count). The van der Waals surface area contributed by atoms with Crippen molar-refractivity contribution >= 4 is 22.8 Å². The van der Waals surface area contributed by atoms with Gasteiger partial charge < -0.3 is 9.80 Å². The first kappa shape index (κ1) is 18.4. The highest BCUT2D eigenvalue weighted by Gasteiger charge is 2.20. The van der Waals surface area contributed by atoms with Crippen molar-refractivity contribution in [2.24, 2.45) is 0 Å². The molecule has 1 saturated heterocycles. The van der Waals surface area contributed by atoms with Gasteiger partial charge in [-0.1, -0.05) is 13.8 Å². The average molecular weight is 385 g/mol. The van der Waals surface area contributed by atoms with Crippen molar-refractivity contribution in [2.75, 3.05) is 57.3 Å². The molecule has 0 aliphatic carbocycles. The number of likely N-dealkylation sites (N-methyl/N-ethyl adjacent to an activating group) is 1. The lowest BCUT2D eigenvalue weighted by molar-refractivity contribution is 0.205. The second-order valence-corrected chi connectivity index (χ2v) is 7.74. The van der Waals surface area contributed by atoms with Crippen LogP contribution in [0.1, 0.15) is 13.8 Å². The predicted octanol–water partition coefficient (Wildman–Crippen LogP) is 2.92. The summed E-state index contributed by atoms with van der Waals surface area (Å²) in [5.41, 5.74) is 3.24. The molecule has 0 amide bonds. The topological polar surface area (TPSA) is 39.9 Å². The quantitative estimate of drug-likeness (QED) is 0.626. The molecule has 0 saturated carbocycles. The first-order valence-corrected chi connectivity index (χ1v) is 10.8. The fraction of sp³-hybridized carbons (Fsp3) is 0.500. The minimum Gasteiger partial charge on any atom is -0.354 e. The molecule has 7 heteroatoms. The third-order valence-electron chi connectivity index (χ3n) is 5.54. The highest BCUT2D eigenvalue weighted by Crippen LogP contribution is 2.27. The Balaban J connectivity index is 1.45. The van der Waals surface area contributed by atoms with Gasteiger partial charge in [0.25, 0.3) is 0 Å². The zero-order valence-corrected chi connectivity index (χ0v) is 17.0. The number of piperazine rings is 1. The van der Waals surface area contributed by atoms with Crippen molar-refractivity contribution in [3.8, 4) is 11.1 Å². The number of rotatable bonds is 7. The number of fused-ring (bicyclic) bond motifs is 1. The van der Waals surface area contributed by atoms with Gasteiger partial charge in [-0.3, -0.25) is 4.90 Å². The molecule has 6 nitrogen and oxygen atoms in total. The van der Waals surface area contributed by atoms with Gasteiger partial charge in [0.2, 0.25) is 0 Å². The van der Waals surface area contributed by atoms with Gasteiger partial charge in [0, 0.05) is 51.0 Å². The highest BCUT2D eigenvalue weighted by molar-refractivity contribution is 7.08. The fourth-order valence-electron chi connectivity index (χ4n) is 3.76. The van der Waals surface area contributed by atoms with E-state index in [1.807, 2.05) is 16.9 Å². The van der Waals surface area contributed by atoms with Crippen molar-refractivity contribution in [1.29, 1.82) is 0 Å². The lowest BCUT2D eigenvalue weighted by Gasteiger charge is -2.36. The number of hydrogen-bond donors (Lipinski definition) is 0. The van der Waals surface area contributed by atoms with Crippen LogP contribution < -0.4 is 4.90 Å². The van der Waals surface area contributed by atoms with E-state index in [4.69, 9.17) is 0 Å². The van der Waals surface area contributed by atoms with Crippen LogP contribution >= 0.6 is 11.3 Å².